The third-order valence-electron chi connectivity index (χ3n) is 3.89. The number of amides is 1. The summed E-state index contributed by atoms with van der Waals surface area (Å²) in [4.78, 5) is 16.8. The molecule has 2 aromatic carbocycles. The van der Waals surface area contributed by atoms with Gasteiger partial charge in [0.05, 0.1) is 19.8 Å². The molecule has 1 amide bonds. The average molecular weight is 407 g/mol. The lowest BCUT2D eigenvalue weighted by molar-refractivity contribution is 0.0911. The van der Waals surface area contributed by atoms with Crippen molar-refractivity contribution in [1.82, 2.24) is 10.3 Å². The molecule has 0 fully saturated rings. The lowest BCUT2D eigenvalue weighted by atomic mass is 10.1. The molecular formula is C19H16ClFN2O3S. The average Bonchev–Trinajstić information content (AvgIpc) is 3.17. The highest BCUT2D eigenvalue weighted by atomic mass is 35.5. The fraction of sp³-hybridized carbons (Fsp3) is 0.158. The lowest BCUT2D eigenvalue weighted by Gasteiger charge is -2.19. The van der Waals surface area contributed by atoms with E-state index in [4.69, 9.17) is 16.3 Å². The van der Waals surface area contributed by atoms with Gasteiger partial charge < -0.3 is 15.2 Å². The van der Waals surface area contributed by atoms with Gasteiger partial charge in [0, 0.05) is 21.5 Å². The quantitative estimate of drug-likeness (QED) is 0.647. The standard InChI is InChI=1S/C19H16ClFN2O3S/c1-26-17-8-12(20)4-7-14(17)15(9-24)22-18(25)16-10-27-19(23-16)11-2-5-13(21)6-3-11/h2-8,10,15,24H,9H2,1H3,(H,22,25). The number of hydrogen-bond acceptors (Lipinski definition) is 5. The van der Waals surface area contributed by atoms with Crippen LogP contribution < -0.4 is 10.1 Å². The number of aliphatic hydroxyl groups excluding tert-OH is 1. The van der Waals surface area contributed by atoms with Gasteiger partial charge in [0.25, 0.3) is 5.91 Å². The van der Waals surface area contributed by atoms with Crippen LogP contribution in [0.1, 0.15) is 22.1 Å². The second kappa shape index (κ2) is 8.47. The topological polar surface area (TPSA) is 71.5 Å². The molecule has 0 spiro atoms. The minimum absolute atomic E-state index is 0.214. The van der Waals surface area contributed by atoms with Crippen molar-refractivity contribution >= 4 is 28.8 Å². The van der Waals surface area contributed by atoms with E-state index in [0.717, 1.165) is 5.56 Å². The SMILES string of the molecule is COc1cc(Cl)ccc1C(CO)NC(=O)c1csc(-c2ccc(F)cc2)n1. The first-order valence-corrected chi connectivity index (χ1v) is 9.24. The molecule has 0 aliphatic carbocycles. The van der Waals surface area contributed by atoms with Crippen LogP contribution in [0.25, 0.3) is 10.6 Å². The van der Waals surface area contributed by atoms with Crippen molar-refractivity contribution in [3.05, 3.63) is 69.9 Å². The van der Waals surface area contributed by atoms with E-state index in [2.05, 4.69) is 10.3 Å². The second-order valence-electron chi connectivity index (χ2n) is 5.64. The van der Waals surface area contributed by atoms with Crippen molar-refractivity contribution in [2.24, 2.45) is 0 Å². The smallest absolute Gasteiger partial charge is 0.271 e. The maximum absolute atomic E-state index is 13.0. The van der Waals surface area contributed by atoms with Crippen LogP contribution in [0.5, 0.6) is 5.75 Å². The van der Waals surface area contributed by atoms with Gasteiger partial charge in [-0.25, -0.2) is 9.37 Å². The molecule has 3 rings (SSSR count). The highest BCUT2D eigenvalue weighted by molar-refractivity contribution is 7.13. The summed E-state index contributed by atoms with van der Waals surface area (Å²) in [6, 6.07) is 10.2. The molecule has 1 atom stereocenters. The Morgan fingerprint density at radius 1 is 1.33 bits per heavy atom. The molecule has 2 N–H and O–H groups in total. The Morgan fingerprint density at radius 3 is 2.74 bits per heavy atom. The number of aliphatic hydroxyl groups is 1. The van der Waals surface area contributed by atoms with E-state index in [9.17, 15) is 14.3 Å². The molecule has 8 heteroatoms. The summed E-state index contributed by atoms with van der Waals surface area (Å²) in [6.45, 7) is -0.321. The first kappa shape index (κ1) is 19.3. The molecule has 140 valence electrons. The summed E-state index contributed by atoms with van der Waals surface area (Å²) in [7, 11) is 1.49. The van der Waals surface area contributed by atoms with Crippen LogP contribution in [-0.2, 0) is 0 Å². The minimum atomic E-state index is -0.680. The monoisotopic (exact) mass is 406 g/mol. The van der Waals surface area contributed by atoms with Crippen molar-refractivity contribution in [1.29, 1.82) is 0 Å². The Bertz CT molecular complexity index is 946. The number of aromatic nitrogens is 1. The Morgan fingerprint density at radius 2 is 2.07 bits per heavy atom. The predicted molar refractivity (Wildman–Crippen MR) is 103 cm³/mol. The van der Waals surface area contributed by atoms with Crippen molar-refractivity contribution in [3.8, 4) is 16.3 Å². The minimum Gasteiger partial charge on any atom is -0.496 e. The van der Waals surface area contributed by atoms with Gasteiger partial charge in [-0.15, -0.1) is 11.3 Å². The van der Waals surface area contributed by atoms with Crippen molar-refractivity contribution in [3.63, 3.8) is 0 Å². The number of hydrogen-bond donors (Lipinski definition) is 2. The zero-order chi connectivity index (χ0) is 19.4. The van der Waals surface area contributed by atoms with E-state index in [0.29, 0.717) is 21.3 Å². The summed E-state index contributed by atoms with van der Waals surface area (Å²) in [5, 5.41) is 15.2. The summed E-state index contributed by atoms with van der Waals surface area (Å²) < 4.78 is 18.3. The largest absolute Gasteiger partial charge is 0.496 e. The van der Waals surface area contributed by atoms with Crippen LogP contribution in [0.3, 0.4) is 0 Å². The first-order valence-electron chi connectivity index (χ1n) is 7.98. The summed E-state index contributed by atoms with van der Waals surface area (Å²) in [6.07, 6.45) is 0. The third-order valence-corrected chi connectivity index (χ3v) is 5.01. The Balaban J connectivity index is 1.79. The molecule has 27 heavy (non-hydrogen) atoms. The van der Waals surface area contributed by atoms with Crippen molar-refractivity contribution in [2.75, 3.05) is 13.7 Å². The number of thiazole rings is 1. The van der Waals surface area contributed by atoms with Gasteiger partial charge in [0.15, 0.2) is 0 Å². The van der Waals surface area contributed by atoms with Gasteiger partial charge in [0.1, 0.15) is 22.3 Å². The van der Waals surface area contributed by atoms with E-state index in [1.165, 1.54) is 30.6 Å². The Kier molecular flexibility index (Phi) is 6.05. The number of nitrogens with one attached hydrogen (secondary N) is 1. The molecule has 0 saturated carbocycles. The number of rotatable bonds is 6. The molecule has 1 heterocycles. The molecular weight excluding hydrogens is 391 g/mol. The Hall–Kier alpha value is -2.48. The summed E-state index contributed by atoms with van der Waals surface area (Å²) >= 11 is 7.23. The lowest BCUT2D eigenvalue weighted by Crippen LogP contribution is -2.31. The third kappa shape index (κ3) is 4.44. The summed E-state index contributed by atoms with van der Waals surface area (Å²) in [5.74, 6) is -0.307. The molecule has 0 bridgehead atoms. The van der Waals surface area contributed by atoms with Gasteiger partial charge in [-0.05, 0) is 36.4 Å². The van der Waals surface area contributed by atoms with Crippen LogP contribution >= 0.6 is 22.9 Å². The first-order chi connectivity index (χ1) is 13.0. The van der Waals surface area contributed by atoms with Crippen molar-refractivity contribution in [2.45, 2.75) is 6.04 Å². The number of carbonyl (C=O) groups is 1. The number of methoxy groups -OCH3 is 1. The molecule has 1 aromatic heterocycles. The van der Waals surface area contributed by atoms with Crippen LogP contribution in [0, 0.1) is 5.82 Å². The van der Waals surface area contributed by atoms with Crippen LogP contribution in [0.2, 0.25) is 5.02 Å². The molecule has 0 aliphatic rings. The fourth-order valence-electron chi connectivity index (χ4n) is 2.53. The van der Waals surface area contributed by atoms with Gasteiger partial charge in [-0.3, -0.25) is 4.79 Å². The highest BCUT2D eigenvalue weighted by Gasteiger charge is 2.20. The van der Waals surface area contributed by atoms with E-state index in [1.54, 1.807) is 35.7 Å². The number of benzene rings is 2. The number of nitrogens with zero attached hydrogens (tertiary/aromatic N) is 1. The molecule has 5 nitrogen and oxygen atoms in total. The van der Waals surface area contributed by atoms with Crippen LogP contribution in [0.4, 0.5) is 4.39 Å². The van der Waals surface area contributed by atoms with Gasteiger partial charge in [-0.1, -0.05) is 17.7 Å². The van der Waals surface area contributed by atoms with E-state index in [-0.39, 0.29) is 18.1 Å². The summed E-state index contributed by atoms with van der Waals surface area (Å²) in [5.41, 5.74) is 1.54. The van der Waals surface area contributed by atoms with E-state index >= 15 is 0 Å². The van der Waals surface area contributed by atoms with Gasteiger partial charge >= 0.3 is 0 Å². The number of ether oxygens (including phenoxy) is 1. The van der Waals surface area contributed by atoms with E-state index < -0.39 is 11.9 Å². The van der Waals surface area contributed by atoms with Gasteiger partial charge in [-0.2, -0.15) is 0 Å². The zero-order valence-corrected chi connectivity index (χ0v) is 15.9. The molecule has 1 unspecified atom stereocenters. The molecule has 0 radical (unpaired) electrons. The maximum Gasteiger partial charge on any atom is 0.271 e. The van der Waals surface area contributed by atoms with Crippen LogP contribution in [0.15, 0.2) is 47.8 Å². The van der Waals surface area contributed by atoms with Crippen molar-refractivity contribution < 1.29 is 19.0 Å². The van der Waals surface area contributed by atoms with Crippen LogP contribution in [-0.4, -0.2) is 29.7 Å². The highest BCUT2D eigenvalue weighted by Crippen LogP contribution is 2.29. The second-order valence-corrected chi connectivity index (χ2v) is 6.93. The molecule has 0 saturated heterocycles. The normalized spacial score (nSPS) is 11.9. The number of carbonyl (C=O) groups excluding carboxylic acids is 1. The van der Waals surface area contributed by atoms with E-state index in [1.807, 2.05) is 0 Å². The maximum atomic E-state index is 13.0. The fourth-order valence-corrected chi connectivity index (χ4v) is 3.50. The molecule has 3 aromatic rings. The zero-order valence-electron chi connectivity index (χ0n) is 14.3. The van der Waals surface area contributed by atoms with Gasteiger partial charge in [0.2, 0.25) is 0 Å². The number of halogens is 2. The molecule has 0 aliphatic heterocycles. The predicted octanol–water partition coefficient (Wildman–Crippen LogP) is 4.07. The Labute approximate surface area is 164 Å².